The van der Waals surface area contributed by atoms with E-state index in [0.29, 0.717) is 25.0 Å². The third kappa shape index (κ3) is 7.37. The first-order chi connectivity index (χ1) is 21.3. The minimum atomic E-state index is -2.83. The molecular weight excluding hydrogens is 568 g/mol. The van der Waals surface area contributed by atoms with Gasteiger partial charge >= 0.3 is 5.97 Å². The molecule has 4 aromatic carbocycles. The van der Waals surface area contributed by atoms with Crippen LogP contribution in [0.15, 0.2) is 121 Å². The van der Waals surface area contributed by atoms with Crippen LogP contribution >= 0.6 is 0 Å². The van der Waals surface area contributed by atoms with E-state index in [1.807, 2.05) is 48.5 Å². The van der Waals surface area contributed by atoms with Crippen LogP contribution in [-0.2, 0) is 25.2 Å². The fraction of sp³-hybridized carbons (Fsp3) is 0.324. The van der Waals surface area contributed by atoms with Gasteiger partial charge in [-0.2, -0.15) is 0 Å². The molecule has 1 aliphatic heterocycles. The second-order valence-corrected chi connectivity index (χ2v) is 16.6. The van der Waals surface area contributed by atoms with Gasteiger partial charge in [-0.15, -0.1) is 0 Å². The predicted molar refractivity (Wildman–Crippen MR) is 174 cm³/mol. The summed E-state index contributed by atoms with van der Waals surface area (Å²) in [5.74, 6) is -0.565. The molecule has 230 valence electrons. The van der Waals surface area contributed by atoms with Gasteiger partial charge in [0.2, 0.25) is 6.29 Å². The highest BCUT2D eigenvalue weighted by molar-refractivity contribution is 6.99. The van der Waals surface area contributed by atoms with Gasteiger partial charge in [-0.1, -0.05) is 130 Å². The van der Waals surface area contributed by atoms with Crippen LogP contribution in [0, 0.1) is 0 Å². The Morgan fingerprint density at radius 2 is 1.32 bits per heavy atom. The third-order valence-corrected chi connectivity index (χ3v) is 13.2. The Kier molecular flexibility index (Phi) is 10.5. The lowest BCUT2D eigenvalue weighted by atomic mass is 10.1. The fourth-order valence-corrected chi connectivity index (χ4v) is 10.5. The Morgan fingerprint density at radius 1 is 0.795 bits per heavy atom. The molecule has 0 bridgehead atoms. The second-order valence-electron chi connectivity index (χ2n) is 12.3. The summed E-state index contributed by atoms with van der Waals surface area (Å²) < 4.78 is 25.6. The molecule has 1 heterocycles. The SMILES string of the molecule is CC(C)(C)[Si](OC[C@@H]1CC[C@@H](OCc2ccccc2)[C@@H](O)C(OC(=O)c2ccccc2)O1)(c1ccccc1)c1ccccc1. The number of benzene rings is 4. The number of ether oxygens (including phenoxy) is 3. The smallest absolute Gasteiger partial charge is 0.340 e. The molecule has 1 aliphatic rings. The van der Waals surface area contributed by atoms with Crippen molar-refractivity contribution < 1.29 is 28.5 Å². The maximum Gasteiger partial charge on any atom is 0.340 e. The summed E-state index contributed by atoms with van der Waals surface area (Å²) in [5.41, 5.74) is 1.38. The Labute approximate surface area is 261 Å². The lowest BCUT2D eigenvalue weighted by molar-refractivity contribution is -0.206. The van der Waals surface area contributed by atoms with Crippen LogP contribution in [0.1, 0.15) is 49.5 Å². The van der Waals surface area contributed by atoms with Gasteiger partial charge in [-0.05, 0) is 45.9 Å². The fourth-order valence-electron chi connectivity index (χ4n) is 5.94. The number of hydrogen-bond acceptors (Lipinski definition) is 6. The number of esters is 1. The molecule has 0 radical (unpaired) electrons. The molecule has 1 fully saturated rings. The first-order valence-corrected chi connectivity index (χ1v) is 17.2. The van der Waals surface area contributed by atoms with Gasteiger partial charge in [-0.3, -0.25) is 0 Å². The molecular formula is C37H42O6Si. The van der Waals surface area contributed by atoms with E-state index in [2.05, 4.69) is 69.3 Å². The summed E-state index contributed by atoms with van der Waals surface area (Å²) in [6, 6.07) is 39.4. The lowest BCUT2D eigenvalue weighted by Gasteiger charge is -2.43. The minimum absolute atomic E-state index is 0.208. The Hall–Kier alpha value is -3.59. The van der Waals surface area contributed by atoms with E-state index < -0.39 is 38.9 Å². The van der Waals surface area contributed by atoms with Crippen molar-refractivity contribution in [3.8, 4) is 0 Å². The molecule has 44 heavy (non-hydrogen) atoms. The number of aliphatic hydroxyl groups is 1. The minimum Gasteiger partial charge on any atom is -0.429 e. The van der Waals surface area contributed by atoms with Crippen molar-refractivity contribution in [3.05, 3.63) is 132 Å². The van der Waals surface area contributed by atoms with Crippen LogP contribution in [0.3, 0.4) is 0 Å². The van der Waals surface area contributed by atoms with Gasteiger partial charge in [0.15, 0.2) is 0 Å². The summed E-state index contributed by atoms with van der Waals surface area (Å²) in [4.78, 5) is 13.1. The van der Waals surface area contributed by atoms with Crippen LogP contribution in [0.2, 0.25) is 5.04 Å². The highest BCUT2D eigenvalue weighted by atomic mass is 28.4. The topological polar surface area (TPSA) is 74.2 Å². The molecule has 0 saturated carbocycles. The molecule has 0 amide bonds. The summed E-state index contributed by atoms with van der Waals surface area (Å²) in [6.07, 6.45) is -2.36. The van der Waals surface area contributed by atoms with E-state index >= 15 is 0 Å². The van der Waals surface area contributed by atoms with Gasteiger partial charge in [0.1, 0.15) is 6.10 Å². The van der Waals surface area contributed by atoms with Gasteiger partial charge < -0.3 is 23.7 Å². The average molecular weight is 611 g/mol. The van der Waals surface area contributed by atoms with Crippen molar-refractivity contribution in [2.45, 2.75) is 69.9 Å². The highest BCUT2D eigenvalue weighted by Crippen LogP contribution is 2.37. The molecule has 7 heteroatoms. The van der Waals surface area contributed by atoms with E-state index in [1.165, 1.54) is 10.4 Å². The number of rotatable bonds is 10. The average Bonchev–Trinajstić information content (AvgIpc) is 3.19. The van der Waals surface area contributed by atoms with Crippen LogP contribution in [-0.4, -0.2) is 50.6 Å². The Bertz CT molecular complexity index is 1400. The zero-order valence-electron chi connectivity index (χ0n) is 25.7. The molecule has 1 unspecified atom stereocenters. The molecule has 6 nitrogen and oxygen atoms in total. The first-order valence-electron chi connectivity index (χ1n) is 15.3. The summed E-state index contributed by atoms with van der Waals surface area (Å²) in [7, 11) is -2.83. The highest BCUT2D eigenvalue weighted by Gasteiger charge is 2.51. The van der Waals surface area contributed by atoms with E-state index in [1.54, 1.807) is 24.3 Å². The largest absolute Gasteiger partial charge is 0.429 e. The summed E-state index contributed by atoms with van der Waals surface area (Å²) >= 11 is 0. The summed E-state index contributed by atoms with van der Waals surface area (Å²) in [5, 5.41) is 13.6. The molecule has 1 saturated heterocycles. The number of carbonyl (C=O) groups is 1. The van der Waals surface area contributed by atoms with Gasteiger partial charge in [-0.25, -0.2) is 4.79 Å². The number of aliphatic hydroxyl groups excluding tert-OH is 1. The molecule has 5 rings (SSSR count). The van der Waals surface area contributed by atoms with Crippen LogP contribution in [0.25, 0.3) is 0 Å². The molecule has 0 spiro atoms. The molecule has 4 atom stereocenters. The van der Waals surface area contributed by atoms with Crippen molar-refractivity contribution in [1.82, 2.24) is 0 Å². The second kappa shape index (κ2) is 14.5. The van der Waals surface area contributed by atoms with E-state index in [0.717, 1.165) is 5.56 Å². The van der Waals surface area contributed by atoms with E-state index in [4.69, 9.17) is 18.6 Å². The van der Waals surface area contributed by atoms with Crippen molar-refractivity contribution in [1.29, 1.82) is 0 Å². The van der Waals surface area contributed by atoms with Crippen molar-refractivity contribution in [2.75, 3.05) is 6.61 Å². The first kappa shape index (κ1) is 31.8. The standard InChI is InChI=1S/C37H42O6Si/c1-37(2,3)44(31-20-12-6-13-21-31,32-22-14-7-15-23-32)41-27-30-24-25-33(40-26-28-16-8-4-9-17-28)34(38)36(42-30)43-35(39)29-18-10-5-11-19-29/h4-23,30,33-34,36,38H,24-27H2,1-3H3/t30-,33+,34+,36?/m0/s1. The molecule has 0 aromatic heterocycles. The molecule has 4 aromatic rings. The predicted octanol–water partition coefficient (Wildman–Crippen LogP) is 5.87. The zero-order valence-corrected chi connectivity index (χ0v) is 26.7. The van der Waals surface area contributed by atoms with Crippen molar-refractivity contribution >= 4 is 24.7 Å². The van der Waals surface area contributed by atoms with E-state index in [-0.39, 0.29) is 11.6 Å². The monoisotopic (exact) mass is 610 g/mol. The third-order valence-electron chi connectivity index (χ3n) is 8.20. The lowest BCUT2D eigenvalue weighted by Crippen LogP contribution is -2.67. The van der Waals surface area contributed by atoms with Crippen molar-refractivity contribution in [2.24, 2.45) is 0 Å². The van der Waals surface area contributed by atoms with Crippen LogP contribution in [0.5, 0.6) is 0 Å². The molecule has 0 aliphatic carbocycles. The quantitative estimate of drug-likeness (QED) is 0.179. The van der Waals surface area contributed by atoms with Gasteiger partial charge in [0.25, 0.3) is 8.32 Å². The zero-order chi connectivity index (χ0) is 31.0. The maximum atomic E-state index is 13.1. The van der Waals surface area contributed by atoms with Crippen molar-refractivity contribution in [3.63, 3.8) is 0 Å². The van der Waals surface area contributed by atoms with Crippen LogP contribution in [0.4, 0.5) is 0 Å². The Morgan fingerprint density at radius 3 is 1.86 bits per heavy atom. The van der Waals surface area contributed by atoms with Crippen LogP contribution < -0.4 is 10.4 Å². The number of hydrogen-bond donors (Lipinski definition) is 1. The van der Waals surface area contributed by atoms with Gasteiger partial charge in [0.05, 0.1) is 31.0 Å². The Balaban J connectivity index is 1.41. The molecule has 1 N–H and O–H groups in total. The maximum absolute atomic E-state index is 13.1. The normalized spacial score (nSPS) is 20.9. The van der Waals surface area contributed by atoms with E-state index in [9.17, 15) is 9.90 Å². The van der Waals surface area contributed by atoms with Gasteiger partial charge in [0, 0.05) is 0 Å². The number of carbonyl (C=O) groups excluding carboxylic acids is 1. The summed E-state index contributed by atoms with van der Waals surface area (Å²) in [6.45, 7) is 7.29.